The Hall–Kier alpha value is -2.37. The third-order valence-electron chi connectivity index (χ3n) is 3.19. The van der Waals surface area contributed by atoms with Crippen LogP contribution in [0.5, 0.6) is 0 Å². The van der Waals surface area contributed by atoms with E-state index in [0.29, 0.717) is 25.2 Å². The Balaban J connectivity index is 2.19. The van der Waals surface area contributed by atoms with Crippen LogP contribution in [0.3, 0.4) is 0 Å². The lowest BCUT2D eigenvalue weighted by molar-refractivity contribution is -0.118. The Kier molecular flexibility index (Phi) is 4.57. The molecule has 0 saturated heterocycles. The number of carbonyl (C=O) groups excluding carboxylic acids is 2. The van der Waals surface area contributed by atoms with Gasteiger partial charge in [0.05, 0.1) is 5.69 Å². The Morgan fingerprint density at radius 3 is 2.67 bits per heavy atom. The molecule has 0 aromatic carbocycles. The second kappa shape index (κ2) is 6.39. The van der Waals surface area contributed by atoms with E-state index in [-0.39, 0.29) is 11.8 Å². The average Bonchev–Trinajstić information content (AvgIpc) is 2.80. The fourth-order valence-corrected chi connectivity index (χ4v) is 2.18. The maximum atomic E-state index is 12.3. The van der Waals surface area contributed by atoms with Crippen LogP contribution in [-0.2, 0) is 11.2 Å². The van der Waals surface area contributed by atoms with Crippen molar-refractivity contribution < 1.29 is 9.59 Å². The summed E-state index contributed by atoms with van der Waals surface area (Å²) in [5.41, 5.74) is 3.22. The smallest absolute Gasteiger partial charge is 0.270 e. The highest BCUT2D eigenvalue weighted by Gasteiger charge is 2.17. The molecule has 0 unspecified atom stereocenters. The molecular formula is C15H20N4O2. The molecule has 112 valence electrons. The van der Waals surface area contributed by atoms with E-state index in [0.717, 1.165) is 16.9 Å². The van der Waals surface area contributed by atoms with Crippen LogP contribution in [0.15, 0.2) is 18.3 Å². The van der Waals surface area contributed by atoms with E-state index < -0.39 is 0 Å². The van der Waals surface area contributed by atoms with Crippen LogP contribution in [0.4, 0.5) is 0 Å². The molecule has 2 heterocycles. The summed E-state index contributed by atoms with van der Waals surface area (Å²) >= 11 is 0. The molecule has 6 heteroatoms. The van der Waals surface area contributed by atoms with Crippen molar-refractivity contribution in [2.45, 2.75) is 27.2 Å². The largest absolute Gasteiger partial charge is 0.355 e. The van der Waals surface area contributed by atoms with E-state index in [4.69, 9.17) is 0 Å². The van der Waals surface area contributed by atoms with Gasteiger partial charge in [-0.1, -0.05) is 6.92 Å². The highest BCUT2D eigenvalue weighted by Crippen LogP contribution is 2.14. The number of nitrogens with one attached hydrogen (secondary N) is 2. The third-order valence-corrected chi connectivity index (χ3v) is 3.19. The van der Waals surface area contributed by atoms with Gasteiger partial charge in [0.1, 0.15) is 11.3 Å². The number of carbonyl (C=O) groups is 2. The first-order valence-electron chi connectivity index (χ1n) is 7.03. The average molecular weight is 288 g/mol. The van der Waals surface area contributed by atoms with Gasteiger partial charge >= 0.3 is 0 Å². The summed E-state index contributed by atoms with van der Waals surface area (Å²) in [7, 11) is 0. The maximum absolute atomic E-state index is 12.3. The lowest BCUT2D eigenvalue weighted by atomic mass is 10.2. The number of aromatic nitrogens is 2. The second-order valence-corrected chi connectivity index (χ2v) is 4.93. The number of aryl methyl sites for hydroxylation is 2. The Labute approximate surface area is 123 Å². The number of hydrogen-bond donors (Lipinski definition) is 2. The van der Waals surface area contributed by atoms with Crippen molar-refractivity contribution in [3.8, 4) is 0 Å². The SMILES string of the molecule is CCc1nc2cc(C)ccn2c1C(=O)NCCNC(C)=O. The predicted octanol–water partition coefficient (Wildman–Crippen LogP) is 1.07. The molecular weight excluding hydrogens is 268 g/mol. The van der Waals surface area contributed by atoms with E-state index in [1.807, 2.05) is 32.2 Å². The first kappa shape index (κ1) is 15.0. The van der Waals surface area contributed by atoms with E-state index in [1.54, 1.807) is 4.40 Å². The van der Waals surface area contributed by atoms with Gasteiger partial charge in [0.25, 0.3) is 5.91 Å². The maximum Gasteiger partial charge on any atom is 0.270 e. The molecule has 0 fully saturated rings. The Morgan fingerprint density at radius 2 is 2.00 bits per heavy atom. The lowest BCUT2D eigenvalue weighted by Gasteiger charge is -2.07. The highest BCUT2D eigenvalue weighted by atomic mass is 16.2. The van der Waals surface area contributed by atoms with Crippen molar-refractivity contribution in [2.24, 2.45) is 0 Å². The normalized spacial score (nSPS) is 10.6. The molecule has 0 radical (unpaired) electrons. The minimum absolute atomic E-state index is 0.108. The number of fused-ring (bicyclic) bond motifs is 1. The molecule has 2 aromatic rings. The van der Waals surface area contributed by atoms with Crippen LogP contribution in [0, 0.1) is 6.92 Å². The molecule has 2 amide bonds. The van der Waals surface area contributed by atoms with Crippen LogP contribution >= 0.6 is 0 Å². The van der Waals surface area contributed by atoms with Crippen molar-refractivity contribution in [3.63, 3.8) is 0 Å². The summed E-state index contributed by atoms with van der Waals surface area (Å²) < 4.78 is 1.81. The monoisotopic (exact) mass is 288 g/mol. The van der Waals surface area contributed by atoms with Crippen LogP contribution in [0.2, 0.25) is 0 Å². The van der Waals surface area contributed by atoms with Gasteiger partial charge in [-0.05, 0) is 31.0 Å². The van der Waals surface area contributed by atoms with Crippen LogP contribution < -0.4 is 10.6 Å². The Bertz CT molecular complexity index is 676. The molecule has 0 aliphatic heterocycles. The van der Waals surface area contributed by atoms with Gasteiger partial charge in [-0.2, -0.15) is 0 Å². The molecule has 0 aliphatic rings. The second-order valence-electron chi connectivity index (χ2n) is 4.93. The molecule has 0 spiro atoms. The molecule has 2 rings (SSSR count). The molecule has 0 aliphatic carbocycles. The minimum Gasteiger partial charge on any atom is -0.355 e. The van der Waals surface area contributed by atoms with Gasteiger partial charge in [0, 0.05) is 26.2 Å². The zero-order valence-corrected chi connectivity index (χ0v) is 12.6. The van der Waals surface area contributed by atoms with Gasteiger partial charge < -0.3 is 10.6 Å². The highest BCUT2D eigenvalue weighted by molar-refractivity contribution is 5.94. The molecule has 6 nitrogen and oxygen atoms in total. The molecule has 2 N–H and O–H groups in total. The molecule has 0 atom stereocenters. The summed E-state index contributed by atoms with van der Waals surface area (Å²) in [5.74, 6) is -0.280. The number of nitrogens with zero attached hydrogens (tertiary/aromatic N) is 2. The first-order chi connectivity index (χ1) is 10.0. The van der Waals surface area contributed by atoms with Crippen LogP contribution in [0.25, 0.3) is 5.65 Å². The lowest BCUT2D eigenvalue weighted by Crippen LogP contribution is -2.34. The van der Waals surface area contributed by atoms with Crippen molar-refractivity contribution in [1.82, 2.24) is 20.0 Å². The zero-order valence-electron chi connectivity index (χ0n) is 12.6. The van der Waals surface area contributed by atoms with E-state index in [9.17, 15) is 9.59 Å². The van der Waals surface area contributed by atoms with Crippen molar-refractivity contribution in [2.75, 3.05) is 13.1 Å². The van der Waals surface area contributed by atoms with Crippen LogP contribution in [0.1, 0.15) is 35.6 Å². The van der Waals surface area contributed by atoms with Crippen LogP contribution in [-0.4, -0.2) is 34.3 Å². The number of amides is 2. The van der Waals surface area contributed by atoms with E-state index >= 15 is 0 Å². The first-order valence-corrected chi connectivity index (χ1v) is 7.03. The molecule has 2 aromatic heterocycles. The summed E-state index contributed by atoms with van der Waals surface area (Å²) in [4.78, 5) is 27.6. The predicted molar refractivity (Wildman–Crippen MR) is 80.3 cm³/mol. The van der Waals surface area contributed by atoms with Gasteiger partial charge in [-0.3, -0.25) is 14.0 Å². The van der Waals surface area contributed by atoms with Crippen molar-refractivity contribution in [1.29, 1.82) is 0 Å². The number of hydrogen-bond acceptors (Lipinski definition) is 3. The van der Waals surface area contributed by atoms with Gasteiger partial charge in [0.2, 0.25) is 5.91 Å². The molecule has 0 bridgehead atoms. The number of imidazole rings is 1. The summed E-state index contributed by atoms with van der Waals surface area (Å²) in [6.45, 7) is 6.22. The van der Waals surface area contributed by atoms with Gasteiger partial charge in [-0.25, -0.2) is 4.98 Å². The summed E-state index contributed by atoms with van der Waals surface area (Å²) in [6.07, 6.45) is 2.55. The Morgan fingerprint density at radius 1 is 1.29 bits per heavy atom. The number of rotatable bonds is 5. The number of pyridine rings is 1. The topological polar surface area (TPSA) is 75.5 Å². The van der Waals surface area contributed by atoms with Gasteiger partial charge in [0.15, 0.2) is 0 Å². The van der Waals surface area contributed by atoms with Crippen molar-refractivity contribution >= 4 is 17.5 Å². The zero-order chi connectivity index (χ0) is 15.4. The molecule has 21 heavy (non-hydrogen) atoms. The van der Waals surface area contributed by atoms with Crippen molar-refractivity contribution in [3.05, 3.63) is 35.3 Å². The summed E-state index contributed by atoms with van der Waals surface area (Å²) in [6, 6.07) is 3.90. The minimum atomic E-state index is -0.173. The fraction of sp³-hybridized carbons (Fsp3) is 0.400. The quantitative estimate of drug-likeness (QED) is 0.808. The van der Waals surface area contributed by atoms with E-state index in [2.05, 4.69) is 15.6 Å². The standard InChI is InChI=1S/C15H20N4O2/c1-4-12-14(15(21)17-7-6-16-11(3)20)19-8-5-10(2)9-13(19)18-12/h5,8-9H,4,6-7H2,1-3H3,(H,16,20)(H,17,21). The van der Waals surface area contributed by atoms with Gasteiger partial charge in [-0.15, -0.1) is 0 Å². The fourth-order valence-electron chi connectivity index (χ4n) is 2.18. The summed E-state index contributed by atoms with van der Waals surface area (Å²) in [5, 5.41) is 5.45. The molecule has 0 saturated carbocycles. The van der Waals surface area contributed by atoms with E-state index in [1.165, 1.54) is 6.92 Å². The third kappa shape index (κ3) is 3.39.